The molecule has 0 atom stereocenters. The number of para-hydroxylation sites is 1. The predicted octanol–water partition coefficient (Wildman–Crippen LogP) is 16.8. The maximum Gasteiger partial charge on any atom is 0.164 e. The van der Waals surface area contributed by atoms with E-state index in [-0.39, 0.29) is 0 Å². The van der Waals surface area contributed by atoms with E-state index in [4.69, 9.17) is 23.8 Å². The van der Waals surface area contributed by atoms with Gasteiger partial charge in [-0.1, -0.05) is 152 Å². The Hall–Kier alpha value is -9.39. The van der Waals surface area contributed by atoms with Gasteiger partial charge in [0.15, 0.2) is 17.5 Å². The largest absolute Gasteiger partial charge is 0.456 e. The average molecular weight is 883 g/mol. The Labute approximate surface area is 396 Å². The summed E-state index contributed by atoms with van der Waals surface area (Å²) in [6, 6.07) is 80.5. The third kappa shape index (κ3) is 6.53. The average Bonchev–Trinajstić information content (AvgIpc) is 4.10. The van der Waals surface area contributed by atoms with Crippen LogP contribution in [0.5, 0.6) is 0 Å². The highest BCUT2D eigenvalue weighted by molar-refractivity contribution is 6.14. The van der Waals surface area contributed by atoms with Gasteiger partial charge >= 0.3 is 0 Å². The summed E-state index contributed by atoms with van der Waals surface area (Å²) >= 11 is 0. The SMILES string of the molecule is c1ccc(-c2ccc3oc4cc(-c5nc(-c6ccccc6)nc(-c6cccc7oc8cc(-c9ccc%10c(c9)c9cc(-c%11ccccc%11)ccc9n%10-c9ccccc9)ccc8c67)n5)ccc4c3c2)cc1. The molecule has 0 amide bonds. The summed E-state index contributed by atoms with van der Waals surface area (Å²) in [5, 5.41) is 6.43. The second-order valence-corrected chi connectivity index (χ2v) is 17.6. The Morgan fingerprint density at radius 3 is 1.43 bits per heavy atom. The molecule has 0 saturated carbocycles. The number of fused-ring (bicyclic) bond motifs is 9. The monoisotopic (exact) mass is 882 g/mol. The molecule has 0 fully saturated rings. The quantitative estimate of drug-likeness (QED) is 0.159. The van der Waals surface area contributed by atoms with Crippen molar-refractivity contribution >= 4 is 65.7 Å². The summed E-state index contributed by atoms with van der Waals surface area (Å²) < 4.78 is 15.5. The lowest BCUT2D eigenvalue weighted by Crippen LogP contribution is -2.00. The van der Waals surface area contributed by atoms with Gasteiger partial charge in [-0.05, 0) is 112 Å². The van der Waals surface area contributed by atoms with Crippen molar-refractivity contribution in [2.24, 2.45) is 0 Å². The maximum absolute atomic E-state index is 6.72. The van der Waals surface area contributed by atoms with Crippen LogP contribution in [-0.2, 0) is 0 Å². The molecule has 6 nitrogen and oxygen atoms in total. The van der Waals surface area contributed by atoms with Gasteiger partial charge in [-0.3, -0.25) is 0 Å². The summed E-state index contributed by atoms with van der Waals surface area (Å²) in [7, 11) is 0. The summed E-state index contributed by atoms with van der Waals surface area (Å²) in [5.74, 6) is 1.70. The zero-order chi connectivity index (χ0) is 45.4. The van der Waals surface area contributed by atoms with Crippen LogP contribution in [0, 0.1) is 0 Å². The molecule has 0 aliphatic carbocycles. The fourth-order valence-corrected chi connectivity index (χ4v) is 10.1. The highest BCUT2D eigenvalue weighted by Crippen LogP contribution is 2.41. The van der Waals surface area contributed by atoms with Crippen molar-refractivity contribution in [2.75, 3.05) is 0 Å². The first-order valence-electron chi connectivity index (χ1n) is 23.2. The molecule has 10 aromatic carbocycles. The minimum absolute atomic E-state index is 0.554. The molecule has 4 aromatic heterocycles. The molecule has 14 rings (SSSR count). The van der Waals surface area contributed by atoms with Gasteiger partial charge in [0.2, 0.25) is 0 Å². The summed E-state index contributed by atoms with van der Waals surface area (Å²) in [6.07, 6.45) is 0. The normalized spacial score (nSPS) is 11.8. The molecule has 0 radical (unpaired) electrons. The number of hydrogen-bond acceptors (Lipinski definition) is 5. The summed E-state index contributed by atoms with van der Waals surface area (Å²) in [4.78, 5) is 15.4. The van der Waals surface area contributed by atoms with Crippen LogP contribution in [-0.4, -0.2) is 19.5 Å². The van der Waals surface area contributed by atoms with E-state index in [9.17, 15) is 0 Å². The Morgan fingerprint density at radius 2 is 0.754 bits per heavy atom. The second-order valence-electron chi connectivity index (χ2n) is 17.6. The van der Waals surface area contributed by atoms with Gasteiger partial charge in [-0.15, -0.1) is 0 Å². The summed E-state index contributed by atoms with van der Waals surface area (Å²) in [5.41, 5.74) is 16.1. The second kappa shape index (κ2) is 15.6. The van der Waals surface area contributed by atoms with E-state index in [0.29, 0.717) is 17.5 Å². The van der Waals surface area contributed by atoms with Crippen molar-refractivity contribution in [3.8, 4) is 73.2 Å². The van der Waals surface area contributed by atoms with Crippen LogP contribution in [0.4, 0.5) is 0 Å². The molecular weight excluding hydrogens is 845 g/mol. The lowest BCUT2D eigenvalue weighted by molar-refractivity contribution is 0.668. The van der Waals surface area contributed by atoms with E-state index in [1.807, 2.05) is 54.6 Å². The lowest BCUT2D eigenvalue weighted by Gasteiger charge is -2.09. The molecule has 322 valence electrons. The molecule has 0 unspecified atom stereocenters. The highest BCUT2D eigenvalue weighted by Gasteiger charge is 2.21. The molecule has 0 spiro atoms. The van der Waals surface area contributed by atoms with Crippen molar-refractivity contribution in [1.82, 2.24) is 19.5 Å². The van der Waals surface area contributed by atoms with Crippen LogP contribution in [0.15, 0.2) is 239 Å². The lowest BCUT2D eigenvalue weighted by atomic mass is 9.99. The van der Waals surface area contributed by atoms with Crippen LogP contribution in [0.1, 0.15) is 0 Å². The minimum Gasteiger partial charge on any atom is -0.456 e. The van der Waals surface area contributed by atoms with Crippen molar-refractivity contribution in [3.05, 3.63) is 231 Å². The Morgan fingerprint density at radius 1 is 0.275 bits per heavy atom. The Bertz CT molecular complexity index is 4290. The Kier molecular flexibility index (Phi) is 8.79. The molecular formula is C63H38N4O2. The Balaban J connectivity index is 0.887. The van der Waals surface area contributed by atoms with Crippen molar-refractivity contribution in [1.29, 1.82) is 0 Å². The molecule has 0 bridgehead atoms. The van der Waals surface area contributed by atoms with Gasteiger partial charge in [0, 0.05) is 54.7 Å². The maximum atomic E-state index is 6.72. The highest BCUT2D eigenvalue weighted by atomic mass is 16.3. The van der Waals surface area contributed by atoms with Crippen molar-refractivity contribution in [3.63, 3.8) is 0 Å². The fraction of sp³-hybridized carbons (Fsp3) is 0. The molecule has 6 heteroatoms. The van der Waals surface area contributed by atoms with Gasteiger partial charge in [0.1, 0.15) is 22.3 Å². The van der Waals surface area contributed by atoms with Gasteiger partial charge in [-0.25, -0.2) is 15.0 Å². The zero-order valence-electron chi connectivity index (χ0n) is 37.0. The number of aromatic nitrogens is 4. The van der Waals surface area contributed by atoms with E-state index < -0.39 is 0 Å². The molecule has 0 aliphatic rings. The first-order chi connectivity index (χ1) is 34.2. The number of furan rings is 2. The van der Waals surface area contributed by atoms with E-state index in [0.717, 1.165) is 99.5 Å². The van der Waals surface area contributed by atoms with Crippen molar-refractivity contribution < 1.29 is 8.83 Å². The minimum atomic E-state index is 0.554. The molecule has 0 saturated heterocycles. The van der Waals surface area contributed by atoms with Gasteiger partial charge in [0.25, 0.3) is 0 Å². The third-order valence-corrected chi connectivity index (χ3v) is 13.5. The predicted molar refractivity (Wildman–Crippen MR) is 281 cm³/mol. The molecule has 0 aliphatic heterocycles. The molecule has 0 N–H and O–H groups in total. The molecule has 4 heterocycles. The van der Waals surface area contributed by atoms with E-state index in [1.54, 1.807) is 0 Å². The topological polar surface area (TPSA) is 69.9 Å². The first-order valence-corrected chi connectivity index (χ1v) is 23.2. The van der Waals surface area contributed by atoms with Crippen LogP contribution in [0.2, 0.25) is 0 Å². The smallest absolute Gasteiger partial charge is 0.164 e. The van der Waals surface area contributed by atoms with E-state index >= 15 is 0 Å². The van der Waals surface area contributed by atoms with Gasteiger partial charge in [0.05, 0.1) is 11.0 Å². The molecule has 14 aromatic rings. The number of rotatable bonds is 7. The van der Waals surface area contributed by atoms with Crippen molar-refractivity contribution in [2.45, 2.75) is 0 Å². The van der Waals surface area contributed by atoms with Crippen LogP contribution in [0.25, 0.3) is 139 Å². The van der Waals surface area contributed by atoms with Crippen LogP contribution < -0.4 is 0 Å². The third-order valence-electron chi connectivity index (χ3n) is 13.5. The van der Waals surface area contributed by atoms with Gasteiger partial charge < -0.3 is 13.4 Å². The molecule has 69 heavy (non-hydrogen) atoms. The van der Waals surface area contributed by atoms with Gasteiger partial charge in [-0.2, -0.15) is 0 Å². The van der Waals surface area contributed by atoms with E-state index in [2.05, 4.69) is 180 Å². The number of hydrogen-bond donors (Lipinski definition) is 0. The number of nitrogens with zero attached hydrogens (tertiary/aromatic N) is 4. The van der Waals surface area contributed by atoms with E-state index in [1.165, 1.54) is 21.9 Å². The van der Waals surface area contributed by atoms with Crippen LogP contribution >= 0.6 is 0 Å². The summed E-state index contributed by atoms with van der Waals surface area (Å²) in [6.45, 7) is 0. The fourth-order valence-electron chi connectivity index (χ4n) is 10.1. The first kappa shape index (κ1) is 38.8. The van der Waals surface area contributed by atoms with Crippen LogP contribution in [0.3, 0.4) is 0 Å². The number of benzene rings is 10. The standard InChI is InChI=1S/C63H38N4O2/c1-5-14-39(15-6-1)42-26-31-54-51(34-42)52-35-44(27-32-55(52)67(54)47-20-11-4-12-21-47)45-24-30-49-59(37-45)69-57-23-13-22-50(60(49)57)63-65-61(41-18-9-3-10-19-41)64-62(66-63)46-25-29-48-53-36-43(40-16-7-2-8-17-40)28-33-56(53)68-58(48)38-46/h1-38H. The zero-order valence-corrected chi connectivity index (χ0v) is 37.0.